The number of aryl methyl sites for hydroxylation is 3. The second-order valence-electron chi connectivity index (χ2n) is 4.51. The molecular weight excluding hydrogens is 224 g/mol. The third-order valence-electron chi connectivity index (χ3n) is 3.14. The topological polar surface area (TPSA) is 34.9 Å². The number of ketones is 1. The monoisotopic (exact) mass is 242 g/mol. The molecule has 0 N–H and O–H groups in total. The average molecular weight is 242 g/mol. The Labute approximate surface area is 107 Å². The van der Waals surface area contributed by atoms with Gasteiger partial charge in [-0.05, 0) is 25.0 Å². The van der Waals surface area contributed by atoms with E-state index in [4.69, 9.17) is 0 Å². The van der Waals surface area contributed by atoms with E-state index in [1.807, 2.05) is 44.3 Å². The Kier molecular flexibility index (Phi) is 3.60. The van der Waals surface area contributed by atoms with Gasteiger partial charge in [-0.1, -0.05) is 31.2 Å². The third kappa shape index (κ3) is 2.50. The van der Waals surface area contributed by atoms with Gasteiger partial charge in [0.15, 0.2) is 5.78 Å². The van der Waals surface area contributed by atoms with Gasteiger partial charge in [0.2, 0.25) is 0 Å². The van der Waals surface area contributed by atoms with Crippen molar-refractivity contribution in [1.29, 1.82) is 0 Å². The van der Waals surface area contributed by atoms with E-state index < -0.39 is 0 Å². The summed E-state index contributed by atoms with van der Waals surface area (Å²) >= 11 is 0. The molecule has 0 spiro atoms. The summed E-state index contributed by atoms with van der Waals surface area (Å²) in [6.07, 6.45) is 1.29. The molecule has 0 atom stereocenters. The number of aromatic nitrogens is 2. The van der Waals surface area contributed by atoms with Crippen LogP contribution in [0.2, 0.25) is 0 Å². The molecule has 2 rings (SSSR count). The molecule has 1 heterocycles. The van der Waals surface area contributed by atoms with E-state index in [1.54, 1.807) is 4.68 Å². The molecule has 2 aromatic rings. The van der Waals surface area contributed by atoms with Gasteiger partial charge in [0, 0.05) is 18.3 Å². The van der Waals surface area contributed by atoms with E-state index in [1.165, 1.54) is 0 Å². The lowest BCUT2D eigenvalue weighted by Crippen LogP contribution is -2.10. The van der Waals surface area contributed by atoms with Crippen LogP contribution in [-0.4, -0.2) is 15.6 Å². The Morgan fingerprint density at radius 3 is 2.67 bits per heavy atom. The van der Waals surface area contributed by atoms with E-state index >= 15 is 0 Å². The van der Waals surface area contributed by atoms with Crippen LogP contribution in [0.4, 0.5) is 0 Å². The van der Waals surface area contributed by atoms with Crippen molar-refractivity contribution in [1.82, 2.24) is 9.78 Å². The van der Waals surface area contributed by atoms with Crippen LogP contribution in [0.5, 0.6) is 0 Å². The normalized spacial score (nSPS) is 10.6. The molecule has 0 bridgehead atoms. The Bertz CT molecular complexity index is 570. The smallest absolute Gasteiger partial charge is 0.169 e. The minimum absolute atomic E-state index is 0.162. The summed E-state index contributed by atoms with van der Waals surface area (Å²) in [5, 5.41) is 4.26. The number of rotatable bonds is 4. The highest BCUT2D eigenvalue weighted by atomic mass is 16.1. The first-order chi connectivity index (χ1) is 8.61. The van der Waals surface area contributed by atoms with Crippen LogP contribution in [0, 0.1) is 6.92 Å². The molecule has 0 saturated heterocycles. The summed E-state index contributed by atoms with van der Waals surface area (Å²) < 4.78 is 1.78. The van der Waals surface area contributed by atoms with Gasteiger partial charge in [0.1, 0.15) is 0 Å². The first kappa shape index (κ1) is 12.6. The highest BCUT2D eigenvalue weighted by Gasteiger charge is 2.13. The Morgan fingerprint density at radius 2 is 2.06 bits per heavy atom. The van der Waals surface area contributed by atoms with Crippen molar-refractivity contribution in [3.8, 4) is 0 Å². The molecule has 0 amide bonds. The van der Waals surface area contributed by atoms with E-state index in [-0.39, 0.29) is 5.78 Å². The second-order valence-corrected chi connectivity index (χ2v) is 4.51. The van der Waals surface area contributed by atoms with Crippen molar-refractivity contribution in [3.63, 3.8) is 0 Å². The SMILES string of the molecule is CCc1ccccc1C(=O)Cc1cc(C)nn1C. The highest BCUT2D eigenvalue weighted by molar-refractivity contribution is 5.98. The molecule has 0 aliphatic rings. The number of Topliss-reactive ketones (excluding diaryl/α,β-unsaturated/α-hetero) is 1. The van der Waals surface area contributed by atoms with Gasteiger partial charge >= 0.3 is 0 Å². The van der Waals surface area contributed by atoms with Crippen molar-refractivity contribution >= 4 is 5.78 Å². The van der Waals surface area contributed by atoms with Gasteiger partial charge in [-0.2, -0.15) is 5.10 Å². The lowest BCUT2D eigenvalue weighted by Gasteiger charge is -2.06. The molecule has 18 heavy (non-hydrogen) atoms. The maximum absolute atomic E-state index is 12.3. The molecule has 94 valence electrons. The van der Waals surface area contributed by atoms with Crippen LogP contribution in [0.3, 0.4) is 0 Å². The maximum atomic E-state index is 12.3. The number of benzene rings is 1. The molecule has 0 saturated carbocycles. The number of hydrogen-bond donors (Lipinski definition) is 0. The zero-order valence-corrected chi connectivity index (χ0v) is 11.1. The Hall–Kier alpha value is -1.90. The molecule has 3 nitrogen and oxygen atoms in total. The fraction of sp³-hybridized carbons (Fsp3) is 0.333. The fourth-order valence-electron chi connectivity index (χ4n) is 2.19. The number of carbonyl (C=O) groups is 1. The Morgan fingerprint density at radius 1 is 1.33 bits per heavy atom. The van der Waals surface area contributed by atoms with Crippen LogP contribution in [0.25, 0.3) is 0 Å². The van der Waals surface area contributed by atoms with Crippen molar-refractivity contribution in [2.75, 3.05) is 0 Å². The second kappa shape index (κ2) is 5.17. The van der Waals surface area contributed by atoms with Crippen molar-refractivity contribution < 1.29 is 4.79 Å². The van der Waals surface area contributed by atoms with Crippen LogP contribution in [0.15, 0.2) is 30.3 Å². The quantitative estimate of drug-likeness (QED) is 0.773. The summed E-state index contributed by atoms with van der Waals surface area (Å²) in [5.41, 5.74) is 3.85. The minimum atomic E-state index is 0.162. The van der Waals surface area contributed by atoms with Gasteiger partial charge in [-0.15, -0.1) is 0 Å². The van der Waals surface area contributed by atoms with Gasteiger partial charge < -0.3 is 0 Å². The molecule has 0 aliphatic heterocycles. The van der Waals surface area contributed by atoms with Crippen LogP contribution >= 0.6 is 0 Å². The zero-order chi connectivity index (χ0) is 13.1. The maximum Gasteiger partial charge on any atom is 0.169 e. The predicted octanol–water partition coefficient (Wildman–Crippen LogP) is 2.72. The van der Waals surface area contributed by atoms with Crippen molar-refractivity contribution in [2.45, 2.75) is 26.7 Å². The first-order valence-corrected chi connectivity index (χ1v) is 6.22. The molecule has 0 unspecified atom stereocenters. The molecule has 3 heteroatoms. The summed E-state index contributed by atoms with van der Waals surface area (Å²) in [6.45, 7) is 4.01. The highest BCUT2D eigenvalue weighted by Crippen LogP contribution is 2.13. The van der Waals surface area contributed by atoms with Crippen LogP contribution in [0.1, 0.15) is 34.2 Å². The van der Waals surface area contributed by atoms with Gasteiger partial charge in [-0.3, -0.25) is 9.48 Å². The van der Waals surface area contributed by atoms with Gasteiger partial charge in [0.25, 0.3) is 0 Å². The van der Waals surface area contributed by atoms with Crippen molar-refractivity contribution in [2.24, 2.45) is 7.05 Å². The molecular formula is C15H18N2O. The summed E-state index contributed by atoms with van der Waals surface area (Å²) in [4.78, 5) is 12.3. The molecule has 1 aromatic carbocycles. The molecule has 0 radical (unpaired) electrons. The van der Waals surface area contributed by atoms with E-state index in [2.05, 4.69) is 12.0 Å². The fourth-order valence-corrected chi connectivity index (χ4v) is 2.19. The third-order valence-corrected chi connectivity index (χ3v) is 3.14. The molecule has 0 fully saturated rings. The van der Waals surface area contributed by atoms with Crippen molar-refractivity contribution in [3.05, 3.63) is 52.8 Å². The predicted molar refractivity (Wildman–Crippen MR) is 71.8 cm³/mol. The number of carbonyl (C=O) groups excluding carboxylic acids is 1. The minimum Gasteiger partial charge on any atom is -0.294 e. The largest absolute Gasteiger partial charge is 0.294 e. The zero-order valence-electron chi connectivity index (χ0n) is 11.1. The lowest BCUT2D eigenvalue weighted by atomic mass is 9.99. The summed E-state index contributed by atoms with van der Waals surface area (Å²) in [6, 6.07) is 9.78. The van der Waals surface area contributed by atoms with Gasteiger partial charge in [-0.25, -0.2) is 0 Å². The summed E-state index contributed by atoms with van der Waals surface area (Å²) in [5.74, 6) is 0.162. The Balaban J connectivity index is 2.24. The van der Waals surface area contributed by atoms with Crippen LogP contribution < -0.4 is 0 Å². The van der Waals surface area contributed by atoms with Crippen LogP contribution in [-0.2, 0) is 19.9 Å². The lowest BCUT2D eigenvalue weighted by molar-refractivity contribution is 0.0990. The van der Waals surface area contributed by atoms with E-state index in [9.17, 15) is 4.79 Å². The molecule has 1 aromatic heterocycles. The van der Waals surface area contributed by atoms with Gasteiger partial charge in [0.05, 0.1) is 12.1 Å². The first-order valence-electron chi connectivity index (χ1n) is 6.22. The standard InChI is InChI=1S/C15H18N2O/c1-4-12-7-5-6-8-14(12)15(18)10-13-9-11(2)16-17(13)3/h5-9H,4,10H2,1-3H3. The van der Waals surface area contributed by atoms with E-state index in [0.717, 1.165) is 28.9 Å². The summed E-state index contributed by atoms with van der Waals surface area (Å²) in [7, 11) is 1.88. The average Bonchev–Trinajstić information content (AvgIpc) is 2.67. The van der Waals surface area contributed by atoms with E-state index in [0.29, 0.717) is 6.42 Å². The molecule has 0 aliphatic carbocycles. The number of hydrogen-bond acceptors (Lipinski definition) is 2. The number of nitrogens with zero attached hydrogens (tertiary/aromatic N) is 2.